The van der Waals surface area contributed by atoms with Gasteiger partial charge in [-0.3, -0.25) is 19.3 Å². The number of carboxylic acid groups (broad SMARTS) is 1. The minimum Gasteiger partial charge on any atom is -0.480 e. The van der Waals surface area contributed by atoms with Crippen LogP contribution in [0.3, 0.4) is 0 Å². The molecule has 1 aliphatic carbocycles. The number of hydrogen-bond donors (Lipinski definition) is 6. The van der Waals surface area contributed by atoms with E-state index in [0.717, 1.165) is 43.6 Å². The molecule has 300 valence electrons. The van der Waals surface area contributed by atoms with Crippen molar-refractivity contribution in [3.63, 3.8) is 0 Å². The summed E-state index contributed by atoms with van der Waals surface area (Å²) in [4.78, 5) is 64.5. The Labute approximate surface area is 329 Å². The minimum atomic E-state index is -4.64. The van der Waals surface area contributed by atoms with Crippen LogP contribution >= 0.6 is 11.6 Å². The van der Waals surface area contributed by atoms with E-state index in [-0.39, 0.29) is 30.4 Å². The Kier molecular flexibility index (Phi) is 12.7. The number of alkyl halides is 3. The molecule has 2 heterocycles. The molecule has 4 aromatic rings. The number of aromatic nitrogens is 3. The van der Waals surface area contributed by atoms with Crippen molar-refractivity contribution in [3.8, 4) is 6.01 Å². The molecule has 15 nitrogen and oxygen atoms in total. The van der Waals surface area contributed by atoms with Crippen molar-refractivity contribution >= 4 is 58.6 Å². The summed E-state index contributed by atoms with van der Waals surface area (Å²) in [6.45, 7) is 0.901. The summed E-state index contributed by atoms with van der Waals surface area (Å²) in [5.74, 6) is -4.17. The van der Waals surface area contributed by atoms with Gasteiger partial charge in [-0.05, 0) is 105 Å². The predicted octanol–water partition coefficient (Wildman–Crippen LogP) is 5.23. The Bertz CT molecular complexity index is 2080. The molecule has 1 saturated heterocycles. The van der Waals surface area contributed by atoms with E-state index in [2.05, 4.69) is 46.4 Å². The number of carboxylic acids is 1. The normalized spacial score (nSPS) is 15.2. The van der Waals surface area contributed by atoms with Crippen LogP contribution in [-0.4, -0.2) is 87.1 Å². The van der Waals surface area contributed by atoms with Gasteiger partial charge in [0, 0.05) is 35.1 Å². The standard InChI is InChI=1S/C38H39ClF3N9O6/c39-26-10-8-25(9-11-26)37(15-16-37)50-35-47-34(48-36(49-35)57-22-38(40,41)42)45-27-12-6-24(7-13-27)30(52)46-29(33(55)56)14-17-43-31(53)32(54)44-28-5-3-4-23(20-28)21-51-18-1-2-19-51/h3-13,20,29H,1-2,14-19,21-22H2,(H,43,53)(H,44,54)(H,46,52)(H,55,56)(H2,45,47,48,49,50)/t29-/m0/s1. The third kappa shape index (κ3) is 11.7. The molecular weight excluding hydrogens is 771 g/mol. The van der Waals surface area contributed by atoms with Crippen molar-refractivity contribution in [2.75, 3.05) is 42.2 Å². The molecule has 1 saturated carbocycles. The predicted molar refractivity (Wildman–Crippen MR) is 203 cm³/mol. The van der Waals surface area contributed by atoms with Crippen LogP contribution < -0.4 is 31.3 Å². The minimum absolute atomic E-state index is 0.0391. The quantitative estimate of drug-likeness (QED) is 0.0807. The van der Waals surface area contributed by atoms with Crippen molar-refractivity contribution in [2.24, 2.45) is 0 Å². The Morgan fingerprint density at radius 2 is 1.60 bits per heavy atom. The number of ether oxygens (including phenoxy) is 1. The molecule has 0 unspecified atom stereocenters. The Morgan fingerprint density at radius 1 is 0.895 bits per heavy atom. The number of hydrogen-bond acceptors (Lipinski definition) is 11. The van der Waals surface area contributed by atoms with Gasteiger partial charge in [-0.2, -0.15) is 28.1 Å². The first-order valence-electron chi connectivity index (χ1n) is 18.0. The number of halogens is 4. The summed E-state index contributed by atoms with van der Waals surface area (Å²) < 4.78 is 43.7. The van der Waals surface area contributed by atoms with E-state index in [0.29, 0.717) is 29.2 Å². The van der Waals surface area contributed by atoms with Crippen molar-refractivity contribution < 1.29 is 42.2 Å². The lowest BCUT2D eigenvalue weighted by molar-refractivity contribution is -0.154. The van der Waals surface area contributed by atoms with Crippen LogP contribution in [0.1, 0.15) is 53.6 Å². The second-order valence-corrected chi connectivity index (χ2v) is 14.1. The van der Waals surface area contributed by atoms with E-state index in [1.54, 1.807) is 30.3 Å². The Morgan fingerprint density at radius 3 is 2.26 bits per heavy atom. The topological polar surface area (TPSA) is 200 Å². The average molecular weight is 810 g/mol. The molecule has 1 aromatic heterocycles. The molecule has 2 fully saturated rings. The number of benzene rings is 3. The number of likely N-dealkylation sites (tertiary alicyclic amines) is 1. The van der Waals surface area contributed by atoms with Crippen molar-refractivity contribution in [2.45, 2.75) is 56.4 Å². The van der Waals surface area contributed by atoms with Crippen molar-refractivity contribution in [3.05, 3.63) is 94.5 Å². The first-order chi connectivity index (χ1) is 27.2. The largest absolute Gasteiger partial charge is 0.480 e. The fourth-order valence-corrected chi connectivity index (χ4v) is 6.28. The second kappa shape index (κ2) is 17.8. The van der Waals surface area contributed by atoms with E-state index in [9.17, 15) is 37.5 Å². The first kappa shape index (κ1) is 40.6. The van der Waals surface area contributed by atoms with Crippen LogP contribution in [0.4, 0.5) is 36.4 Å². The number of anilines is 4. The van der Waals surface area contributed by atoms with Gasteiger partial charge in [-0.1, -0.05) is 35.9 Å². The van der Waals surface area contributed by atoms with Crippen LogP contribution in [0.25, 0.3) is 0 Å². The van der Waals surface area contributed by atoms with E-state index < -0.39 is 54.1 Å². The van der Waals surface area contributed by atoms with Gasteiger partial charge < -0.3 is 36.4 Å². The van der Waals surface area contributed by atoms with Crippen molar-refractivity contribution in [1.29, 1.82) is 0 Å². The highest BCUT2D eigenvalue weighted by Gasteiger charge is 2.45. The van der Waals surface area contributed by atoms with Gasteiger partial charge in [0.05, 0.1) is 5.54 Å². The van der Waals surface area contributed by atoms with E-state index in [1.807, 2.05) is 18.2 Å². The van der Waals surface area contributed by atoms with Crippen LogP contribution in [-0.2, 0) is 26.5 Å². The van der Waals surface area contributed by atoms with Gasteiger partial charge in [-0.25, -0.2) is 4.79 Å². The van der Waals surface area contributed by atoms with Crippen LogP contribution in [0.2, 0.25) is 5.02 Å². The molecule has 57 heavy (non-hydrogen) atoms. The van der Waals surface area contributed by atoms with Gasteiger partial charge in [0.1, 0.15) is 6.04 Å². The van der Waals surface area contributed by atoms with Gasteiger partial charge in [0.25, 0.3) is 5.91 Å². The number of aliphatic carboxylic acids is 1. The summed E-state index contributed by atoms with van der Waals surface area (Å²) in [6.07, 6.45) is -1.17. The lowest BCUT2D eigenvalue weighted by Gasteiger charge is -2.19. The number of nitrogens with zero attached hydrogens (tertiary/aromatic N) is 4. The van der Waals surface area contributed by atoms with Crippen molar-refractivity contribution in [1.82, 2.24) is 30.5 Å². The number of amides is 3. The highest BCUT2D eigenvalue weighted by molar-refractivity contribution is 6.39. The smallest absolute Gasteiger partial charge is 0.422 e. The van der Waals surface area contributed by atoms with Gasteiger partial charge >= 0.3 is 30.0 Å². The van der Waals surface area contributed by atoms with Gasteiger partial charge in [-0.15, -0.1) is 0 Å². The maximum Gasteiger partial charge on any atom is 0.422 e. The number of carbonyl (C=O) groups excluding carboxylic acids is 3. The van der Waals surface area contributed by atoms with Crippen LogP contribution in [0, 0.1) is 0 Å². The highest BCUT2D eigenvalue weighted by atomic mass is 35.5. The monoisotopic (exact) mass is 809 g/mol. The maximum absolute atomic E-state index is 13.0. The van der Waals surface area contributed by atoms with Gasteiger partial charge in [0.15, 0.2) is 6.61 Å². The molecule has 1 atom stereocenters. The fraction of sp³-hybridized carbons (Fsp3) is 0.342. The molecule has 3 amide bonds. The second-order valence-electron chi connectivity index (χ2n) is 13.6. The third-order valence-corrected chi connectivity index (χ3v) is 9.45. The zero-order valence-corrected chi connectivity index (χ0v) is 31.1. The first-order valence-corrected chi connectivity index (χ1v) is 18.4. The maximum atomic E-state index is 13.0. The average Bonchev–Trinajstić information content (AvgIpc) is 3.76. The molecule has 0 spiro atoms. The number of nitrogens with one attached hydrogen (secondary N) is 5. The third-order valence-electron chi connectivity index (χ3n) is 9.20. The number of rotatable bonds is 16. The zero-order chi connectivity index (χ0) is 40.6. The summed E-state index contributed by atoms with van der Waals surface area (Å²) in [6, 6.07) is 18.0. The lowest BCUT2D eigenvalue weighted by atomic mass is 10.1. The molecule has 6 N–H and O–H groups in total. The molecular formula is C38H39ClF3N9O6. The fourth-order valence-electron chi connectivity index (χ4n) is 6.15. The Hall–Kier alpha value is -6.01. The summed E-state index contributed by atoms with van der Waals surface area (Å²) in [5.41, 5.74) is 2.18. The molecule has 0 bridgehead atoms. The lowest BCUT2D eigenvalue weighted by Crippen LogP contribution is -2.44. The summed E-state index contributed by atoms with van der Waals surface area (Å²) >= 11 is 6.03. The molecule has 1 aliphatic heterocycles. The van der Waals surface area contributed by atoms with E-state index in [4.69, 9.17) is 16.3 Å². The van der Waals surface area contributed by atoms with Crippen LogP contribution in [0.15, 0.2) is 72.8 Å². The van der Waals surface area contributed by atoms with Crippen LogP contribution in [0.5, 0.6) is 6.01 Å². The van der Waals surface area contributed by atoms with Gasteiger partial charge in [0.2, 0.25) is 11.9 Å². The molecule has 3 aromatic carbocycles. The molecule has 19 heteroatoms. The van der Waals surface area contributed by atoms with E-state index >= 15 is 0 Å². The number of carbonyl (C=O) groups is 4. The summed E-state index contributed by atoms with van der Waals surface area (Å²) in [7, 11) is 0. The summed E-state index contributed by atoms with van der Waals surface area (Å²) in [5, 5.41) is 23.6. The zero-order valence-electron chi connectivity index (χ0n) is 30.4. The highest BCUT2D eigenvalue weighted by Crippen LogP contribution is 2.48. The Balaban J connectivity index is 1.02. The SMILES string of the molecule is O=C(NCC[C@H](NC(=O)c1ccc(Nc2nc(NC3(c4ccc(Cl)cc4)CC3)nc(OCC(F)(F)F)n2)cc1)C(=O)O)C(=O)Nc1cccc(CN2CCCC2)c1. The van der Waals surface area contributed by atoms with E-state index in [1.165, 1.54) is 24.3 Å². The molecule has 2 aliphatic rings. The molecule has 6 rings (SSSR count). The molecule has 0 radical (unpaired) electrons.